The SMILES string of the molecule is CC1CCCC(NCc2ccoc2C(=O)O)C1. The van der Waals surface area contributed by atoms with Crippen LogP contribution in [0.25, 0.3) is 0 Å². The summed E-state index contributed by atoms with van der Waals surface area (Å²) in [6, 6.07) is 2.23. The lowest BCUT2D eigenvalue weighted by molar-refractivity contribution is 0.0660. The van der Waals surface area contributed by atoms with E-state index in [4.69, 9.17) is 9.52 Å². The lowest BCUT2D eigenvalue weighted by Gasteiger charge is -2.27. The average Bonchev–Trinajstić information content (AvgIpc) is 2.74. The highest BCUT2D eigenvalue weighted by Gasteiger charge is 2.20. The molecular weight excluding hydrogens is 218 g/mol. The molecule has 1 fully saturated rings. The van der Waals surface area contributed by atoms with E-state index in [1.54, 1.807) is 6.07 Å². The van der Waals surface area contributed by atoms with Gasteiger partial charge in [0.2, 0.25) is 5.76 Å². The van der Waals surface area contributed by atoms with Crippen LogP contribution in [0.3, 0.4) is 0 Å². The number of furan rings is 1. The largest absolute Gasteiger partial charge is 0.475 e. The first-order valence-electron chi connectivity index (χ1n) is 6.20. The Morgan fingerprint density at radius 1 is 1.59 bits per heavy atom. The van der Waals surface area contributed by atoms with Gasteiger partial charge in [0.15, 0.2) is 0 Å². The molecule has 1 aliphatic carbocycles. The van der Waals surface area contributed by atoms with Gasteiger partial charge in [-0.1, -0.05) is 19.8 Å². The van der Waals surface area contributed by atoms with Crippen molar-refractivity contribution < 1.29 is 14.3 Å². The zero-order valence-electron chi connectivity index (χ0n) is 10.1. The van der Waals surface area contributed by atoms with Crippen LogP contribution in [-0.2, 0) is 6.54 Å². The van der Waals surface area contributed by atoms with Crippen molar-refractivity contribution in [3.05, 3.63) is 23.7 Å². The number of nitrogens with one attached hydrogen (secondary N) is 1. The molecule has 4 heteroatoms. The Hall–Kier alpha value is -1.29. The monoisotopic (exact) mass is 237 g/mol. The molecule has 2 unspecified atom stereocenters. The second-order valence-electron chi connectivity index (χ2n) is 4.93. The molecule has 1 aromatic rings. The molecule has 1 aromatic heterocycles. The summed E-state index contributed by atoms with van der Waals surface area (Å²) in [6.45, 7) is 2.85. The summed E-state index contributed by atoms with van der Waals surface area (Å²) < 4.78 is 4.95. The van der Waals surface area contributed by atoms with Crippen LogP contribution < -0.4 is 5.32 Å². The van der Waals surface area contributed by atoms with E-state index in [0.717, 1.165) is 11.5 Å². The van der Waals surface area contributed by atoms with Crippen LogP contribution in [0, 0.1) is 5.92 Å². The minimum absolute atomic E-state index is 0.0568. The Labute approximate surface area is 101 Å². The third-order valence-electron chi connectivity index (χ3n) is 3.46. The number of aromatic carboxylic acids is 1. The zero-order chi connectivity index (χ0) is 12.3. The molecule has 2 atom stereocenters. The molecule has 0 radical (unpaired) electrons. The molecule has 0 saturated heterocycles. The van der Waals surface area contributed by atoms with Gasteiger partial charge in [0, 0.05) is 18.2 Å². The molecule has 0 spiro atoms. The van der Waals surface area contributed by atoms with E-state index in [0.29, 0.717) is 12.6 Å². The van der Waals surface area contributed by atoms with Gasteiger partial charge in [0.05, 0.1) is 6.26 Å². The molecule has 94 valence electrons. The van der Waals surface area contributed by atoms with Crippen molar-refractivity contribution in [1.82, 2.24) is 5.32 Å². The van der Waals surface area contributed by atoms with Crippen LogP contribution in [0.1, 0.15) is 48.7 Å². The third kappa shape index (κ3) is 3.09. The summed E-state index contributed by atoms with van der Waals surface area (Å²) in [6.07, 6.45) is 6.37. The minimum Gasteiger partial charge on any atom is -0.475 e. The Morgan fingerprint density at radius 3 is 3.12 bits per heavy atom. The molecule has 1 aliphatic rings. The fourth-order valence-corrected chi connectivity index (χ4v) is 2.54. The molecule has 0 bridgehead atoms. The maximum Gasteiger partial charge on any atom is 0.372 e. The molecule has 1 heterocycles. The van der Waals surface area contributed by atoms with Gasteiger partial charge in [0.1, 0.15) is 0 Å². The molecule has 0 aromatic carbocycles. The maximum absolute atomic E-state index is 10.9. The van der Waals surface area contributed by atoms with E-state index < -0.39 is 5.97 Å². The lowest BCUT2D eigenvalue weighted by atomic mass is 9.87. The van der Waals surface area contributed by atoms with E-state index in [1.165, 1.54) is 31.9 Å². The van der Waals surface area contributed by atoms with Crippen LogP contribution in [0.15, 0.2) is 16.7 Å². The molecule has 2 N–H and O–H groups in total. The Kier molecular flexibility index (Phi) is 3.84. The number of carbonyl (C=O) groups is 1. The number of carboxylic acids is 1. The van der Waals surface area contributed by atoms with Gasteiger partial charge in [-0.05, 0) is 24.8 Å². The van der Waals surface area contributed by atoms with Crippen LogP contribution in [0.5, 0.6) is 0 Å². The molecule has 0 aliphatic heterocycles. The van der Waals surface area contributed by atoms with Crippen molar-refractivity contribution >= 4 is 5.97 Å². The number of hydrogen-bond donors (Lipinski definition) is 2. The van der Waals surface area contributed by atoms with Gasteiger partial charge in [-0.2, -0.15) is 0 Å². The number of carboxylic acid groups (broad SMARTS) is 1. The van der Waals surface area contributed by atoms with Gasteiger partial charge < -0.3 is 14.8 Å². The Bertz CT molecular complexity index is 386. The Morgan fingerprint density at radius 2 is 2.41 bits per heavy atom. The van der Waals surface area contributed by atoms with E-state index in [1.807, 2.05) is 0 Å². The summed E-state index contributed by atoms with van der Waals surface area (Å²) in [5.74, 6) is -0.172. The van der Waals surface area contributed by atoms with Gasteiger partial charge in [-0.3, -0.25) is 0 Å². The van der Waals surface area contributed by atoms with Crippen LogP contribution in [0.2, 0.25) is 0 Å². The quantitative estimate of drug-likeness (QED) is 0.845. The van der Waals surface area contributed by atoms with Gasteiger partial charge >= 0.3 is 5.97 Å². The first-order chi connectivity index (χ1) is 8.16. The predicted octanol–water partition coefficient (Wildman–Crippen LogP) is 2.65. The van der Waals surface area contributed by atoms with Crippen molar-refractivity contribution in [3.8, 4) is 0 Å². The molecule has 0 amide bonds. The van der Waals surface area contributed by atoms with Gasteiger partial charge in [-0.15, -0.1) is 0 Å². The second kappa shape index (κ2) is 5.36. The lowest BCUT2D eigenvalue weighted by Crippen LogP contribution is -2.33. The number of hydrogen-bond acceptors (Lipinski definition) is 3. The fraction of sp³-hybridized carbons (Fsp3) is 0.615. The summed E-state index contributed by atoms with van der Waals surface area (Å²) in [4.78, 5) is 10.9. The van der Waals surface area contributed by atoms with E-state index in [2.05, 4.69) is 12.2 Å². The summed E-state index contributed by atoms with van der Waals surface area (Å²) in [5, 5.41) is 12.3. The van der Waals surface area contributed by atoms with Crippen LogP contribution in [0.4, 0.5) is 0 Å². The van der Waals surface area contributed by atoms with Crippen molar-refractivity contribution in [2.45, 2.75) is 45.2 Å². The van der Waals surface area contributed by atoms with Crippen LogP contribution >= 0.6 is 0 Å². The smallest absolute Gasteiger partial charge is 0.372 e. The van der Waals surface area contributed by atoms with Gasteiger partial charge in [-0.25, -0.2) is 4.79 Å². The van der Waals surface area contributed by atoms with E-state index in [-0.39, 0.29) is 5.76 Å². The molecule has 1 saturated carbocycles. The first-order valence-corrected chi connectivity index (χ1v) is 6.20. The first kappa shape index (κ1) is 12.2. The zero-order valence-corrected chi connectivity index (χ0v) is 10.1. The highest BCUT2D eigenvalue weighted by atomic mass is 16.4. The molecule has 17 heavy (non-hydrogen) atoms. The maximum atomic E-state index is 10.9. The summed E-state index contributed by atoms with van der Waals surface area (Å²) >= 11 is 0. The van der Waals surface area contributed by atoms with E-state index in [9.17, 15) is 4.79 Å². The number of rotatable bonds is 4. The topological polar surface area (TPSA) is 62.5 Å². The van der Waals surface area contributed by atoms with Crippen LogP contribution in [-0.4, -0.2) is 17.1 Å². The van der Waals surface area contributed by atoms with E-state index >= 15 is 0 Å². The van der Waals surface area contributed by atoms with Gasteiger partial charge in [0.25, 0.3) is 0 Å². The standard InChI is InChI=1S/C13H19NO3/c1-9-3-2-4-11(7-9)14-8-10-5-6-17-12(10)13(15)16/h5-6,9,11,14H,2-4,7-8H2,1H3,(H,15,16). The molecule has 4 nitrogen and oxygen atoms in total. The summed E-state index contributed by atoms with van der Waals surface area (Å²) in [7, 11) is 0. The fourth-order valence-electron chi connectivity index (χ4n) is 2.54. The second-order valence-corrected chi connectivity index (χ2v) is 4.93. The normalized spacial score (nSPS) is 24.8. The predicted molar refractivity (Wildman–Crippen MR) is 63.9 cm³/mol. The minimum atomic E-state index is -0.996. The molecular formula is C13H19NO3. The third-order valence-corrected chi connectivity index (χ3v) is 3.46. The molecule has 2 rings (SSSR count). The van der Waals surface area contributed by atoms with Crippen molar-refractivity contribution in [2.24, 2.45) is 5.92 Å². The highest BCUT2D eigenvalue weighted by molar-refractivity contribution is 5.86. The summed E-state index contributed by atoms with van der Waals surface area (Å²) in [5.41, 5.74) is 0.732. The van der Waals surface area contributed by atoms with Crippen molar-refractivity contribution in [2.75, 3.05) is 0 Å². The average molecular weight is 237 g/mol. The highest BCUT2D eigenvalue weighted by Crippen LogP contribution is 2.24. The van der Waals surface area contributed by atoms with Crippen molar-refractivity contribution in [1.29, 1.82) is 0 Å². The Balaban J connectivity index is 1.89. The van der Waals surface area contributed by atoms with Crippen molar-refractivity contribution in [3.63, 3.8) is 0 Å².